The molecule has 1 aliphatic heterocycles. The van der Waals surface area contributed by atoms with Gasteiger partial charge in [-0.2, -0.15) is 0 Å². The highest BCUT2D eigenvalue weighted by Crippen LogP contribution is 2.27. The second-order valence-electron chi connectivity index (χ2n) is 9.54. The number of aromatic hydroxyl groups is 1. The normalized spacial score (nSPS) is 14.6. The molecule has 4 aromatic rings. The fraction of sp³-hybridized carbons (Fsp3) is 0.345. The van der Waals surface area contributed by atoms with Gasteiger partial charge in [0.2, 0.25) is 5.95 Å². The van der Waals surface area contributed by atoms with Crippen LogP contribution in [0.3, 0.4) is 0 Å². The maximum absolute atomic E-state index is 12.3. The van der Waals surface area contributed by atoms with Gasteiger partial charge in [-0.05, 0) is 62.6 Å². The van der Waals surface area contributed by atoms with Crippen LogP contribution in [0.15, 0.2) is 60.7 Å². The minimum atomic E-state index is -0.364. The van der Waals surface area contributed by atoms with Crippen molar-refractivity contribution in [2.45, 2.75) is 45.8 Å². The monoisotopic (exact) mass is 499 g/mol. The molecule has 0 amide bonds. The summed E-state index contributed by atoms with van der Waals surface area (Å²) in [5.41, 5.74) is 4.77. The SMILES string of the molecule is CCOC(=O)c1ccc2c(c1)nc(NC1CCN(Cc3ccccc3)CC1)n2Cc1nc(C)ccc1O. The smallest absolute Gasteiger partial charge is 0.338 e. The molecule has 1 fully saturated rings. The molecule has 3 heterocycles. The molecule has 2 aromatic heterocycles. The number of fused-ring (bicyclic) bond motifs is 1. The minimum absolute atomic E-state index is 0.149. The first-order valence-corrected chi connectivity index (χ1v) is 12.9. The summed E-state index contributed by atoms with van der Waals surface area (Å²) < 4.78 is 7.21. The summed E-state index contributed by atoms with van der Waals surface area (Å²) in [6.07, 6.45) is 2.00. The Bertz CT molecular complexity index is 1380. The predicted molar refractivity (Wildman–Crippen MR) is 144 cm³/mol. The lowest BCUT2D eigenvalue weighted by atomic mass is 10.0. The Hall–Kier alpha value is -3.91. The number of imidazole rings is 1. The molecular formula is C29H33N5O3. The van der Waals surface area contributed by atoms with Gasteiger partial charge in [0.25, 0.3) is 0 Å². The van der Waals surface area contributed by atoms with E-state index in [1.807, 2.05) is 23.6 Å². The molecule has 5 rings (SSSR count). The van der Waals surface area contributed by atoms with Gasteiger partial charge >= 0.3 is 5.97 Å². The highest BCUT2D eigenvalue weighted by atomic mass is 16.5. The molecule has 0 saturated carbocycles. The summed E-state index contributed by atoms with van der Waals surface area (Å²) in [5, 5.41) is 14.1. The van der Waals surface area contributed by atoms with Crippen molar-refractivity contribution in [3.8, 4) is 5.75 Å². The van der Waals surface area contributed by atoms with Gasteiger partial charge in [-0.15, -0.1) is 0 Å². The third-order valence-electron chi connectivity index (χ3n) is 6.83. The third-order valence-corrected chi connectivity index (χ3v) is 6.83. The Labute approximate surface area is 216 Å². The molecule has 1 saturated heterocycles. The second kappa shape index (κ2) is 11.0. The molecule has 0 aliphatic carbocycles. The number of likely N-dealkylation sites (tertiary alicyclic amines) is 1. The van der Waals surface area contributed by atoms with Gasteiger partial charge in [-0.25, -0.2) is 9.78 Å². The van der Waals surface area contributed by atoms with Crippen LogP contribution in [-0.4, -0.2) is 56.2 Å². The number of nitrogens with one attached hydrogen (secondary N) is 1. The van der Waals surface area contributed by atoms with Gasteiger partial charge in [0, 0.05) is 31.4 Å². The number of piperidine rings is 1. The van der Waals surface area contributed by atoms with Gasteiger partial charge in [0.1, 0.15) is 11.4 Å². The summed E-state index contributed by atoms with van der Waals surface area (Å²) in [6.45, 7) is 7.33. The zero-order valence-corrected chi connectivity index (χ0v) is 21.4. The summed E-state index contributed by atoms with van der Waals surface area (Å²) in [6, 6.07) is 19.7. The molecule has 192 valence electrons. The van der Waals surface area contributed by atoms with Crippen LogP contribution in [0.4, 0.5) is 5.95 Å². The van der Waals surface area contributed by atoms with Gasteiger partial charge in [0.15, 0.2) is 0 Å². The van der Waals surface area contributed by atoms with E-state index in [-0.39, 0.29) is 17.8 Å². The van der Waals surface area contributed by atoms with Crippen molar-refractivity contribution < 1.29 is 14.6 Å². The number of benzene rings is 2. The standard InChI is InChI=1S/C29H33N5O3/c1-3-37-28(36)22-10-11-26-24(17-22)32-29(34(26)19-25-27(35)12-9-20(2)30-25)31-23-13-15-33(16-14-23)18-21-7-5-4-6-8-21/h4-12,17,23,35H,3,13-16,18-19H2,1-2H3,(H,31,32). The van der Waals surface area contributed by atoms with E-state index < -0.39 is 0 Å². The molecule has 0 bridgehead atoms. The first kappa shape index (κ1) is 24.8. The van der Waals surface area contributed by atoms with Crippen molar-refractivity contribution in [2.75, 3.05) is 25.0 Å². The average Bonchev–Trinajstić information content (AvgIpc) is 3.24. The molecule has 2 N–H and O–H groups in total. The van der Waals surface area contributed by atoms with E-state index in [1.165, 1.54) is 5.56 Å². The quantitative estimate of drug-likeness (QED) is 0.338. The Morgan fingerprint density at radius 2 is 1.84 bits per heavy atom. The van der Waals surface area contributed by atoms with Crippen molar-refractivity contribution in [1.82, 2.24) is 19.4 Å². The Morgan fingerprint density at radius 1 is 1.05 bits per heavy atom. The van der Waals surface area contributed by atoms with Crippen LogP contribution in [0.5, 0.6) is 5.75 Å². The first-order chi connectivity index (χ1) is 18.0. The molecule has 37 heavy (non-hydrogen) atoms. The third kappa shape index (κ3) is 5.75. The summed E-state index contributed by atoms with van der Waals surface area (Å²) in [7, 11) is 0. The van der Waals surface area contributed by atoms with Crippen LogP contribution in [0.1, 0.15) is 47.1 Å². The van der Waals surface area contributed by atoms with Gasteiger partial charge in [0.05, 0.1) is 29.7 Å². The number of ether oxygens (including phenoxy) is 1. The number of hydrogen-bond donors (Lipinski definition) is 2. The topological polar surface area (TPSA) is 92.5 Å². The van der Waals surface area contributed by atoms with Crippen LogP contribution < -0.4 is 5.32 Å². The summed E-state index contributed by atoms with van der Waals surface area (Å²) >= 11 is 0. The van der Waals surface area contributed by atoms with E-state index in [0.717, 1.165) is 43.7 Å². The minimum Gasteiger partial charge on any atom is -0.506 e. The average molecular weight is 500 g/mol. The maximum atomic E-state index is 12.3. The number of carbonyl (C=O) groups excluding carboxylic acids is 1. The van der Waals surface area contributed by atoms with Gasteiger partial charge in [-0.3, -0.25) is 9.88 Å². The molecular weight excluding hydrogens is 466 g/mol. The second-order valence-corrected chi connectivity index (χ2v) is 9.54. The fourth-order valence-electron chi connectivity index (χ4n) is 4.87. The van der Waals surface area contributed by atoms with E-state index in [0.29, 0.717) is 35.9 Å². The van der Waals surface area contributed by atoms with Crippen molar-refractivity contribution in [2.24, 2.45) is 0 Å². The lowest BCUT2D eigenvalue weighted by Crippen LogP contribution is -2.39. The van der Waals surface area contributed by atoms with Crippen LogP contribution in [0, 0.1) is 6.92 Å². The highest BCUT2D eigenvalue weighted by Gasteiger charge is 2.23. The van der Waals surface area contributed by atoms with E-state index in [4.69, 9.17) is 9.72 Å². The van der Waals surface area contributed by atoms with E-state index in [9.17, 15) is 9.90 Å². The fourth-order valence-corrected chi connectivity index (χ4v) is 4.87. The number of aryl methyl sites for hydroxylation is 1. The van der Waals surface area contributed by atoms with E-state index in [2.05, 4.69) is 39.5 Å². The lowest BCUT2D eigenvalue weighted by Gasteiger charge is -2.32. The summed E-state index contributed by atoms with van der Waals surface area (Å²) in [5.74, 6) is 0.494. The molecule has 0 atom stereocenters. The van der Waals surface area contributed by atoms with Crippen LogP contribution >= 0.6 is 0 Å². The first-order valence-electron chi connectivity index (χ1n) is 12.9. The Morgan fingerprint density at radius 3 is 2.59 bits per heavy atom. The molecule has 2 aromatic carbocycles. The zero-order chi connectivity index (χ0) is 25.8. The molecule has 1 aliphatic rings. The van der Waals surface area contributed by atoms with Crippen LogP contribution in [0.25, 0.3) is 11.0 Å². The largest absolute Gasteiger partial charge is 0.506 e. The van der Waals surface area contributed by atoms with E-state index >= 15 is 0 Å². The van der Waals surface area contributed by atoms with Crippen molar-refractivity contribution >= 4 is 23.0 Å². The Kier molecular flexibility index (Phi) is 7.37. The van der Waals surface area contributed by atoms with Gasteiger partial charge in [-0.1, -0.05) is 30.3 Å². The van der Waals surface area contributed by atoms with Crippen LogP contribution in [-0.2, 0) is 17.8 Å². The number of rotatable bonds is 8. The zero-order valence-electron chi connectivity index (χ0n) is 21.4. The molecule has 8 heteroatoms. The number of nitrogens with zero attached hydrogens (tertiary/aromatic N) is 4. The number of anilines is 1. The number of hydrogen-bond acceptors (Lipinski definition) is 7. The number of pyridine rings is 1. The summed E-state index contributed by atoms with van der Waals surface area (Å²) in [4.78, 5) is 24.2. The molecule has 0 spiro atoms. The van der Waals surface area contributed by atoms with Gasteiger partial charge < -0.3 is 19.7 Å². The Balaban J connectivity index is 1.38. The van der Waals surface area contributed by atoms with Crippen molar-refractivity contribution in [3.63, 3.8) is 0 Å². The van der Waals surface area contributed by atoms with Crippen molar-refractivity contribution in [3.05, 3.63) is 83.2 Å². The highest BCUT2D eigenvalue weighted by molar-refractivity contribution is 5.94. The van der Waals surface area contributed by atoms with Crippen molar-refractivity contribution in [1.29, 1.82) is 0 Å². The predicted octanol–water partition coefficient (Wildman–Crippen LogP) is 4.75. The molecule has 0 radical (unpaired) electrons. The van der Waals surface area contributed by atoms with E-state index in [1.54, 1.807) is 31.2 Å². The lowest BCUT2D eigenvalue weighted by molar-refractivity contribution is 0.0526. The number of carbonyl (C=O) groups is 1. The molecule has 8 nitrogen and oxygen atoms in total. The molecule has 0 unspecified atom stereocenters. The number of aromatic nitrogens is 3. The number of esters is 1. The maximum Gasteiger partial charge on any atom is 0.338 e. The van der Waals surface area contributed by atoms with Crippen LogP contribution in [0.2, 0.25) is 0 Å².